The normalized spacial score (nSPS) is 14.9. The van der Waals surface area contributed by atoms with Crippen LogP contribution in [0, 0.1) is 10.1 Å². The van der Waals surface area contributed by atoms with Crippen LogP contribution < -0.4 is 5.32 Å². The lowest BCUT2D eigenvalue weighted by molar-refractivity contribution is -0.385. The SMILES string of the molecule is CN(CCNc1ccc([N+](=O)[O-])cn1)C1CC1. The van der Waals surface area contributed by atoms with Crippen molar-refractivity contribution < 1.29 is 4.92 Å². The lowest BCUT2D eigenvalue weighted by atomic mass is 10.4. The van der Waals surface area contributed by atoms with Crippen LogP contribution in [0.3, 0.4) is 0 Å². The van der Waals surface area contributed by atoms with Gasteiger partial charge in [-0.1, -0.05) is 0 Å². The van der Waals surface area contributed by atoms with Gasteiger partial charge in [0.15, 0.2) is 0 Å². The third-order valence-electron chi connectivity index (χ3n) is 2.90. The number of rotatable bonds is 6. The van der Waals surface area contributed by atoms with Crippen molar-refractivity contribution in [2.75, 3.05) is 25.5 Å². The minimum Gasteiger partial charge on any atom is -0.369 e. The fourth-order valence-electron chi connectivity index (χ4n) is 1.66. The van der Waals surface area contributed by atoms with Crippen LogP contribution in [-0.2, 0) is 0 Å². The molecule has 0 saturated heterocycles. The van der Waals surface area contributed by atoms with E-state index in [0.29, 0.717) is 5.82 Å². The Morgan fingerprint density at radius 3 is 2.88 bits per heavy atom. The van der Waals surface area contributed by atoms with Crippen molar-refractivity contribution in [3.05, 3.63) is 28.4 Å². The van der Waals surface area contributed by atoms with Crippen LogP contribution in [0.2, 0.25) is 0 Å². The lowest BCUT2D eigenvalue weighted by Crippen LogP contribution is -2.27. The zero-order valence-electron chi connectivity index (χ0n) is 9.80. The van der Waals surface area contributed by atoms with Crippen molar-refractivity contribution in [3.8, 4) is 0 Å². The molecule has 1 heterocycles. The molecule has 1 aliphatic carbocycles. The summed E-state index contributed by atoms with van der Waals surface area (Å²) < 4.78 is 0. The predicted molar refractivity (Wildman–Crippen MR) is 65.0 cm³/mol. The monoisotopic (exact) mass is 236 g/mol. The third kappa shape index (κ3) is 3.39. The number of aromatic nitrogens is 1. The summed E-state index contributed by atoms with van der Waals surface area (Å²) in [4.78, 5) is 16.3. The molecule has 1 saturated carbocycles. The van der Waals surface area contributed by atoms with E-state index < -0.39 is 4.92 Å². The van der Waals surface area contributed by atoms with Gasteiger partial charge in [-0.15, -0.1) is 0 Å². The number of hydrogen-bond acceptors (Lipinski definition) is 5. The van der Waals surface area contributed by atoms with E-state index in [9.17, 15) is 10.1 Å². The molecule has 1 aromatic heterocycles. The smallest absolute Gasteiger partial charge is 0.287 e. The standard InChI is InChI=1S/C11H16N4O2/c1-14(9-2-3-9)7-6-12-11-5-4-10(8-13-11)15(16)17/h4-5,8-9H,2-3,6-7H2,1H3,(H,12,13). The summed E-state index contributed by atoms with van der Waals surface area (Å²) in [7, 11) is 2.11. The van der Waals surface area contributed by atoms with Crippen LogP contribution >= 0.6 is 0 Å². The second-order valence-corrected chi connectivity index (χ2v) is 4.30. The van der Waals surface area contributed by atoms with Gasteiger partial charge in [0.1, 0.15) is 12.0 Å². The second kappa shape index (κ2) is 5.09. The fraction of sp³-hybridized carbons (Fsp3) is 0.545. The highest BCUT2D eigenvalue weighted by Gasteiger charge is 2.25. The van der Waals surface area contributed by atoms with Crippen LogP contribution in [0.1, 0.15) is 12.8 Å². The molecular weight excluding hydrogens is 220 g/mol. The predicted octanol–water partition coefficient (Wildman–Crippen LogP) is 1.50. The average Bonchev–Trinajstić information content (AvgIpc) is 3.13. The zero-order chi connectivity index (χ0) is 12.3. The van der Waals surface area contributed by atoms with Gasteiger partial charge in [0, 0.05) is 25.2 Å². The van der Waals surface area contributed by atoms with E-state index in [1.54, 1.807) is 6.07 Å². The molecule has 1 fully saturated rings. The Morgan fingerprint density at radius 1 is 1.59 bits per heavy atom. The topological polar surface area (TPSA) is 71.3 Å². The number of hydrogen-bond donors (Lipinski definition) is 1. The molecule has 0 aromatic carbocycles. The summed E-state index contributed by atoms with van der Waals surface area (Å²) in [5.74, 6) is 0.680. The van der Waals surface area contributed by atoms with Crippen molar-refractivity contribution in [1.29, 1.82) is 0 Å². The van der Waals surface area contributed by atoms with Gasteiger partial charge in [0.25, 0.3) is 5.69 Å². The molecule has 1 aromatic rings. The van der Waals surface area contributed by atoms with E-state index in [1.807, 2.05) is 0 Å². The van der Waals surface area contributed by atoms with E-state index in [-0.39, 0.29) is 5.69 Å². The minimum atomic E-state index is -0.447. The van der Waals surface area contributed by atoms with E-state index in [1.165, 1.54) is 25.1 Å². The molecule has 0 spiro atoms. The first-order valence-electron chi connectivity index (χ1n) is 5.71. The maximum Gasteiger partial charge on any atom is 0.287 e. The Bertz CT molecular complexity index is 389. The van der Waals surface area contributed by atoms with Gasteiger partial charge in [0.2, 0.25) is 0 Å². The molecule has 2 rings (SSSR count). The lowest BCUT2D eigenvalue weighted by Gasteiger charge is -2.15. The van der Waals surface area contributed by atoms with E-state index in [4.69, 9.17) is 0 Å². The van der Waals surface area contributed by atoms with Crippen LogP contribution in [0.15, 0.2) is 18.3 Å². The van der Waals surface area contributed by atoms with Gasteiger partial charge < -0.3 is 10.2 Å². The molecule has 92 valence electrons. The van der Waals surface area contributed by atoms with E-state index >= 15 is 0 Å². The number of likely N-dealkylation sites (N-methyl/N-ethyl adjacent to an activating group) is 1. The van der Waals surface area contributed by atoms with Gasteiger partial charge >= 0.3 is 0 Å². The molecule has 1 N–H and O–H groups in total. The molecule has 1 aliphatic rings. The molecule has 6 heteroatoms. The first-order chi connectivity index (χ1) is 8.16. The molecule has 0 bridgehead atoms. The quantitative estimate of drug-likeness (QED) is 0.598. The third-order valence-corrected chi connectivity index (χ3v) is 2.90. The first-order valence-corrected chi connectivity index (χ1v) is 5.71. The van der Waals surface area contributed by atoms with Gasteiger partial charge in [-0.2, -0.15) is 0 Å². The van der Waals surface area contributed by atoms with Gasteiger partial charge in [-0.05, 0) is 26.0 Å². The van der Waals surface area contributed by atoms with E-state index in [0.717, 1.165) is 19.1 Å². The Hall–Kier alpha value is -1.69. The molecule has 6 nitrogen and oxygen atoms in total. The molecular formula is C11H16N4O2. The highest BCUT2D eigenvalue weighted by molar-refractivity contribution is 5.39. The summed E-state index contributed by atoms with van der Waals surface area (Å²) in [6.45, 7) is 1.77. The summed E-state index contributed by atoms with van der Waals surface area (Å²) in [6.07, 6.45) is 3.87. The van der Waals surface area contributed by atoms with Crippen LogP contribution in [-0.4, -0.2) is 41.0 Å². The number of anilines is 1. The van der Waals surface area contributed by atoms with Gasteiger partial charge in [-0.3, -0.25) is 10.1 Å². The van der Waals surface area contributed by atoms with Crippen LogP contribution in [0.4, 0.5) is 11.5 Å². The number of nitro groups is 1. The Labute approximate surface area is 99.8 Å². The molecule has 17 heavy (non-hydrogen) atoms. The Morgan fingerprint density at radius 2 is 2.35 bits per heavy atom. The Kier molecular flexibility index (Phi) is 3.53. The number of nitrogens with one attached hydrogen (secondary N) is 1. The number of pyridine rings is 1. The van der Waals surface area contributed by atoms with Crippen molar-refractivity contribution >= 4 is 11.5 Å². The van der Waals surface area contributed by atoms with Crippen LogP contribution in [0.5, 0.6) is 0 Å². The maximum atomic E-state index is 10.4. The fourth-order valence-corrected chi connectivity index (χ4v) is 1.66. The summed E-state index contributed by atoms with van der Waals surface area (Å²) in [5.41, 5.74) is 0.0191. The minimum absolute atomic E-state index is 0.0191. The highest BCUT2D eigenvalue weighted by Crippen LogP contribution is 2.24. The largest absolute Gasteiger partial charge is 0.369 e. The number of nitrogens with zero attached hydrogens (tertiary/aromatic N) is 3. The highest BCUT2D eigenvalue weighted by atomic mass is 16.6. The van der Waals surface area contributed by atoms with Crippen molar-refractivity contribution in [1.82, 2.24) is 9.88 Å². The van der Waals surface area contributed by atoms with Gasteiger partial charge in [-0.25, -0.2) is 4.98 Å². The van der Waals surface area contributed by atoms with Crippen molar-refractivity contribution in [2.24, 2.45) is 0 Å². The molecule has 0 unspecified atom stereocenters. The summed E-state index contributed by atoms with van der Waals surface area (Å²) in [6, 6.07) is 3.84. The molecule has 0 radical (unpaired) electrons. The maximum absolute atomic E-state index is 10.4. The molecule has 0 aliphatic heterocycles. The Balaban J connectivity index is 1.76. The van der Waals surface area contributed by atoms with Crippen molar-refractivity contribution in [3.63, 3.8) is 0 Å². The van der Waals surface area contributed by atoms with Crippen LogP contribution in [0.25, 0.3) is 0 Å². The molecule has 0 amide bonds. The summed E-state index contributed by atoms with van der Waals surface area (Å²) >= 11 is 0. The second-order valence-electron chi connectivity index (χ2n) is 4.30. The van der Waals surface area contributed by atoms with Gasteiger partial charge in [0.05, 0.1) is 4.92 Å². The first kappa shape index (κ1) is 11.8. The zero-order valence-corrected chi connectivity index (χ0v) is 9.80. The van der Waals surface area contributed by atoms with Crippen molar-refractivity contribution in [2.45, 2.75) is 18.9 Å². The summed E-state index contributed by atoms with van der Waals surface area (Å²) in [5, 5.41) is 13.6. The van der Waals surface area contributed by atoms with E-state index in [2.05, 4.69) is 22.2 Å². The average molecular weight is 236 g/mol. The molecule has 0 atom stereocenters.